The summed E-state index contributed by atoms with van der Waals surface area (Å²) >= 11 is 6.26. The summed E-state index contributed by atoms with van der Waals surface area (Å²) in [5, 5.41) is 11.8. The van der Waals surface area contributed by atoms with Crippen molar-refractivity contribution >= 4 is 11.6 Å². The second-order valence-corrected chi connectivity index (χ2v) is 6.30. The van der Waals surface area contributed by atoms with E-state index in [-0.39, 0.29) is 0 Å². The number of nitrogens with one attached hydrogen (secondary N) is 1. The second kappa shape index (κ2) is 7.74. The standard InChI is InChI=1S/C20H17ClN4O3/c1-3-27-18-9-6-13(10-15(18)21)16-11-17(24-23-16)20-22-19(25-28-20)12-4-7-14(26-2)8-5-12/h4-11H,3H2,1-2H3,(H,23,24). The van der Waals surface area contributed by atoms with E-state index in [1.165, 1.54) is 0 Å². The topological polar surface area (TPSA) is 86.1 Å². The van der Waals surface area contributed by atoms with Crippen molar-refractivity contribution in [2.75, 3.05) is 13.7 Å². The fourth-order valence-electron chi connectivity index (χ4n) is 2.70. The minimum absolute atomic E-state index is 0.349. The zero-order valence-corrected chi connectivity index (χ0v) is 16.0. The Morgan fingerprint density at radius 3 is 2.57 bits per heavy atom. The molecule has 2 aromatic heterocycles. The van der Waals surface area contributed by atoms with Crippen LogP contribution in [0.25, 0.3) is 34.2 Å². The van der Waals surface area contributed by atoms with Crippen LogP contribution in [0.1, 0.15) is 6.92 Å². The number of H-pyrrole nitrogens is 1. The van der Waals surface area contributed by atoms with Crippen LogP contribution in [0.15, 0.2) is 53.1 Å². The van der Waals surface area contributed by atoms with Gasteiger partial charge in [-0.3, -0.25) is 5.10 Å². The van der Waals surface area contributed by atoms with Crippen molar-refractivity contribution in [2.24, 2.45) is 0 Å². The number of ether oxygens (including phenoxy) is 2. The van der Waals surface area contributed by atoms with Crippen LogP contribution in [0.3, 0.4) is 0 Å². The molecule has 0 bridgehead atoms. The minimum Gasteiger partial charge on any atom is -0.497 e. The second-order valence-electron chi connectivity index (χ2n) is 5.90. The summed E-state index contributed by atoms with van der Waals surface area (Å²) in [5.74, 6) is 2.24. The molecule has 1 N–H and O–H groups in total. The van der Waals surface area contributed by atoms with E-state index in [1.807, 2.05) is 55.5 Å². The van der Waals surface area contributed by atoms with E-state index >= 15 is 0 Å². The van der Waals surface area contributed by atoms with Crippen molar-refractivity contribution in [1.82, 2.24) is 20.3 Å². The molecule has 2 heterocycles. The molecule has 4 rings (SSSR count). The summed E-state index contributed by atoms with van der Waals surface area (Å²) in [6.07, 6.45) is 0. The van der Waals surface area contributed by atoms with Gasteiger partial charge in [0.05, 0.1) is 24.4 Å². The van der Waals surface area contributed by atoms with E-state index in [2.05, 4.69) is 20.3 Å². The average Bonchev–Trinajstić information content (AvgIpc) is 3.39. The van der Waals surface area contributed by atoms with Crippen molar-refractivity contribution in [1.29, 1.82) is 0 Å². The molecule has 0 saturated heterocycles. The molecule has 4 aromatic rings. The van der Waals surface area contributed by atoms with Crippen LogP contribution in [0.5, 0.6) is 11.5 Å². The van der Waals surface area contributed by atoms with Crippen LogP contribution in [-0.2, 0) is 0 Å². The van der Waals surface area contributed by atoms with Gasteiger partial charge in [0.1, 0.15) is 17.2 Å². The molecule has 0 aliphatic rings. The molecule has 0 saturated carbocycles. The number of rotatable bonds is 6. The van der Waals surface area contributed by atoms with Gasteiger partial charge in [-0.15, -0.1) is 0 Å². The molecule has 28 heavy (non-hydrogen) atoms. The third-order valence-corrected chi connectivity index (χ3v) is 4.41. The van der Waals surface area contributed by atoms with Crippen molar-refractivity contribution in [2.45, 2.75) is 6.92 Å². The SMILES string of the molecule is CCOc1ccc(-c2cc(-c3nc(-c4ccc(OC)cc4)no3)[nH]n2)cc1Cl. The predicted molar refractivity (Wildman–Crippen MR) is 105 cm³/mol. The number of benzene rings is 2. The molecule has 0 radical (unpaired) electrons. The summed E-state index contributed by atoms with van der Waals surface area (Å²) in [6.45, 7) is 2.47. The van der Waals surface area contributed by atoms with Crippen molar-refractivity contribution < 1.29 is 14.0 Å². The Morgan fingerprint density at radius 1 is 1.07 bits per heavy atom. The number of hydrogen-bond donors (Lipinski definition) is 1. The van der Waals surface area contributed by atoms with Gasteiger partial charge in [-0.2, -0.15) is 10.1 Å². The average molecular weight is 397 g/mol. The van der Waals surface area contributed by atoms with Crippen LogP contribution >= 0.6 is 11.6 Å². The van der Waals surface area contributed by atoms with Crippen LogP contribution in [0.2, 0.25) is 5.02 Å². The maximum Gasteiger partial charge on any atom is 0.276 e. The maximum absolute atomic E-state index is 6.26. The van der Waals surface area contributed by atoms with Gasteiger partial charge in [0.25, 0.3) is 5.89 Å². The Bertz CT molecular complexity index is 1090. The minimum atomic E-state index is 0.349. The van der Waals surface area contributed by atoms with Crippen molar-refractivity contribution in [3.63, 3.8) is 0 Å². The van der Waals surface area contributed by atoms with Crippen molar-refractivity contribution in [3.05, 3.63) is 53.6 Å². The summed E-state index contributed by atoms with van der Waals surface area (Å²) in [6, 6.07) is 14.8. The molecule has 7 nitrogen and oxygen atoms in total. The summed E-state index contributed by atoms with van der Waals surface area (Å²) in [5.41, 5.74) is 3.01. The van der Waals surface area contributed by atoms with E-state index in [9.17, 15) is 0 Å². The quantitative estimate of drug-likeness (QED) is 0.501. The highest BCUT2D eigenvalue weighted by atomic mass is 35.5. The van der Waals surface area contributed by atoms with Gasteiger partial charge in [-0.05, 0) is 55.5 Å². The first kappa shape index (κ1) is 18.1. The number of methoxy groups -OCH3 is 1. The molecule has 0 fully saturated rings. The first-order valence-electron chi connectivity index (χ1n) is 8.64. The lowest BCUT2D eigenvalue weighted by atomic mass is 10.1. The molecule has 0 spiro atoms. The highest BCUT2D eigenvalue weighted by Crippen LogP contribution is 2.31. The van der Waals surface area contributed by atoms with Crippen molar-refractivity contribution in [3.8, 4) is 45.7 Å². The Labute approximate surface area is 166 Å². The summed E-state index contributed by atoms with van der Waals surface area (Å²) in [7, 11) is 1.62. The smallest absolute Gasteiger partial charge is 0.276 e. The number of halogens is 1. The molecule has 8 heteroatoms. The summed E-state index contributed by atoms with van der Waals surface area (Å²) in [4.78, 5) is 4.43. The van der Waals surface area contributed by atoms with Gasteiger partial charge in [-0.25, -0.2) is 0 Å². The van der Waals surface area contributed by atoms with Crippen LogP contribution < -0.4 is 9.47 Å². The number of aromatic amines is 1. The Hall–Kier alpha value is -3.32. The molecule has 0 aliphatic heterocycles. The Kier molecular flexibility index (Phi) is 4.99. The molecule has 0 atom stereocenters. The monoisotopic (exact) mass is 396 g/mol. The zero-order chi connectivity index (χ0) is 19.5. The largest absolute Gasteiger partial charge is 0.497 e. The van der Waals surface area contributed by atoms with E-state index in [4.69, 9.17) is 25.6 Å². The first-order chi connectivity index (χ1) is 13.7. The lowest BCUT2D eigenvalue weighted by Crippen LogP contribution is -1.92. The number of aromatic nitrogens is 4. The van der Waals surface area contributed by atoms with Gasteiger partial charge < -0.3 is 14.0 Å². The third-order valence-electron chi connectivity index (χ3n) is 4.11. The lowest BCUT2D eigenvalue weighted by Gasteiger charge is -2.06. The highest BCUT2D eigenvalue weighted by molar-refractivity contribution is 6.32. The number of nitrogens with zero attached hydrogens (tertiary/aromatic N) is 3. The van der Waals surface area contributed by atoms with Crippen LogP contribution in [0.4, 0.5) is 0 Å². The molecular weight excluding hydrogens is 380 g/mol. The summed E-state index contributed by atoms with van der Waals surface area (Å²) < 4.78 is 16.0. The fourth-order valence-corrected chi connectivity index (χ4v) is 2.94. The van der Waals surface area contributed by atoms with E-state index in [0.717, 1.165) is 16.9 Å². The van der Waals surface area contributed by atoms with Gasteiger partial charge >= 0.3 is 0 Å². The maximum atomic E-state index is 6.26. The number of hydrogen-bond acceptors (Lipinski definition) is 6. The first-order valence-corrected chi connectivity index (χ1v) is 9.02. The Morgan fingerprint density at radius 2 is 1.86 bits per heavy atom. The van der Waals surface area contributed by atoms with E-state index in [0.29, 0.717) is 40.5 Å². The van der Waals surface area contributed by atoms with Gasteiger partial charge in [0.15, 0.2) is 0 Å². The molecule has 0 unspecified atom stereocenters. The highest BCUT2D eigenvalue weighted by Gasteiger charge is 2.15. The van der Waals surface area contributed by atoms with E-state index in [1.54, 1.807) is 7.11 Å². The zero-order valence-electron chi connectivity index (χ0n) is 15.3. The molecule has 0 aliphatic carbocycles. The third kappa shape index (κ3) is 3.57. The molecule has 142 valence electrons. The lowest BCUT2D eigenvalue weighted by molar-refractivity contribution is 0.340. The molecular formula is C20H17ClN4O3. The predicted octanol–water partition coefficient (Wildman–Crippen LogP) is 4.85. The van der Waals surface area contributed by atoms with Gasteiger partial charge in [-0.1, -0.05) is 16.8 Å². The van der Waals surface area contributed by atoms with Gasteiger partial charge in [0, 0.05) is 11.1 Å². The molecule has 2 aromatic carbocycles. The van der Waals surface area contributed by atoms with E-state index < -0.39 is 0 Å². The van der Waals surface area contributed by atoms with Crippen LogP contribution in [0, 0.1) is 0 Å². The Balaban J connectivity index is 1.58. The van der Waals surface area contributed by atoms with Gasteiger partial charge in [0.2, 0.25) is 5.82 Å². The van der Waals surface area contributed by atoms with Crippen LogP contribution in [-0.4, -0.2) is 34.1 Å². The normalized spacial score (nSPS) is 10.8. The fraction of sp³-hybridized carbons (Fsp3) is 0.150. The molecule has 0 amide bonds.